The molecule has 3 saturated heterocycles. The zero-order valence-electron chi connectivity index (χ0n) is 23.8. The molecule has 4 aliphatic heterocycles. The van der Waals surface area contributed by atoms with Gasteiger partial charge in [0.2, 0.25) is 0 Å². The normalized spacial score (nSPS) is 46.5. The average Bonchev–Trinajstić information content (AvgIpc) is 3.21. The van der Waals surface area contributed by atoms with Crippen molar-refractivity contribution < 1.29 is 34.1 Å². The lowest BCUT2D eigenvalue weighted by Gasteiger charge is -2.49. The van der Waals surface area contributed by atoms with E-state index in [0.29, 0.717) is 36.3 Å². The molecule has 5 aliphatic rings. The summed E-state index contributed by atoms with van der Waals surface area (Å²) in [5.74, 6) is -1.62. The van der Waals surface area contributed by atoms with Gasteiger partial charge < -0.3 is 29.3 Å². The maximum Gasteiger partial charge on any atom is 0.316 e. The minimum absolute atomic E-state index is 0.0431. The van der Waals surface area contributed by atoms with Crippen molar-refractivity contribution in [2.75, 3.05) is 6.61 Å². The molecule has 1 spiro atoms. The number of hydrogen-bond acceptors (Lipinski definition) is 8. The van der Waals surface area contributed by atoms with Crippen LogP contribution in [0, 0.1) is 17.8 Å². The number of carbonyl (C=O) groups excluding carboxylic acids is 1. The van der Waals surface area contributed by atoms with Gasteiger partial charge in [-0.15, -0.1) is 0 Å². The van der Waals surface area contributed by atoms with Gasteiger partial charge in [-0.05, 0) is 63.0 Å². The number of fused-ring (bicyclic) bond motifs is 2. The van der Waals surface area contributed by atoms with Gasteiger partial charge in [0.15, 0.2) is 5.79 Å². The summed E-state index contributed by atoms with van der Waals surface area (Å²) in [5, 5.41) is 25.2. The number of nitrogens with zero attached hydrogens (tertiary/aromatic N) is 1. The Morgan fingerprint density at radius 3 is 2.67 bits per heavy atom. The molecule has 0 aromatic heterocycles. The monoisotopic (exact) mass is 541 g/mol. The van der Waals surface area contributed by atoms with E-state index in [1.165, 1.54) is 5.57 Å². The Hall–Kier alpha value is -2.26. The lowest BCUT2D eigenvalue weighted by Crippen LogP contribution is -2.57. The van der Waals surface area contributed by atoms with Crippen LogP contribution >= 0.6 is 0 Å². The number of allylic oxidation sites excluding steroid dienone is 4. The van der Waals surface area contributed by atoms with Gasteiger partial charge in [0, 0.05) is 19.3 Å². The Morgan fingerprint density at radius 1 is 1.13 bits per heavy atom. The maximum atomic E-state index is 13.9. The molecule has 0 aromatic carbocycles. The Kier molecular flexibility index (Phi) is 7.94. The summed E-state index contributed by atoms with van der Waals surface area (Å²) in [6, 6.07) is 0. The van der Waals surface area contributed by atoms with Crippen LogP contribution in [-0.2, 0) is 23.7 Å². The van der Waals surface area contributed by atoms with E-state index in [-0.39, 0.29) is 30.4 Å². The SMILES string of the molecule is CC1=C[C@H]2C(=O)O[C@H]3C[C@@H](C/C=C(/C)C[C@@H](C)/C=C\C=C4CO[C@H](/C1=N\O)[C@@]42O)O[C@@]1(CC[C@H](C)[C@@H](C)O1)C3. The Balaban J connectivity index is 1.53. The maximum absolute atomic E-state index is 13.9. The van der Waals surface area contributed by atoms with E-state index in [0.717, 1.165) is 19.3 Å². The molecule has 8 heteroatoms. The first-order valence-electron chi connectivity index (χ1n) is 14.4. The molecule has 8 nitrogen and oxygen atoms in total. The highest BCUT2D eigenvalue weighted by atomic mass is 16.7. The second kappa shape index (κ2) is 11.0. The molecule has 9 atom stereocenters. The molecule has 39 heavy (non-hydrogen) atoms. The minimum atomic E-state index is -1.72. The van der Waals surface area contributed by atoms with Crippen molar-refractivity contribution in [2.24, 2.45) is 22.9 Å². The second-order valence-corrected chi connectivity index (χ2v) is 12.4. The zero-order valence-corrected chi connectivity index (χ0v) is 23.8. The Morgan fingerprint density at radius 2 is 1.92 bits per heavy atom. The van der Waals surface area contributed by atoms with Gasteiger partial charge in [0.1, 0.15) is 29.4 Å². The number of carbonyl (C=O) groups is 1. The predicted molar refractivity (Wildman–Crippen MR) is 146 cm³/mol. The topological polar surface area (TPSA) is 107 Å². The van der Waals surface area contributed by atoms with Crippen molar-refractivity contribution in [1.29, 1.82) is 0 Å². The minimum Gasteiger partial charge on any atom is -0.462 e. The van der Waals surface area contributed by atoms with Crippen LogP contribution in [0.25, 0.3) is 0 Å². The fourth-order valence-electron chi connectivity index (χ4n) is 6.85. The van der Waals surface area contributed by atoms with Gasteiger partial charge in [-0.3, -0.25) is 4.79 Å². The van der Waals surface area contributed by atoms with Gasteiger partial charge in [0.25, 0.3) is 0 Å². The molecule has 0 amide bonds. The summed E-state index contributed by atoms with van der Waals surface area (Å²) in [4.78, 5) is 13.9. The average molecular weight is 542 g/mol. The highest BCUT2D eigenvalue weighted by Gasteiger charge is 2.59. The Bertz CT molecular complexity index is 1120. The smallest absolute Gasteiger partial charge is 0.316 e. The van der Waals surface area contributed by atoms with E-state index in [9.17, 15) is 15.1 Å². The third kappa shape index (κ3) is 5.41. The van der Waals surface area contributed by atoms with Crippen LogP contribution in [0.5, 0.6) is 0 Å². The number of oxime groups is 1. The molecule has 1 aliphatic carbocycles. The van der Waals surface area contributed by atoms with E-state index >= 15 is 0 Å². The van der Waals surface area contributed by atoms with E-state index in [2.05, 4.69) is 45.0 Å². The lowest BCUT2D eigenvalue weighted by atomic mass is 9.71. The number of rotatable bonds is 0. The van der Waals surface area contributed by atoms with Crippen LogP contribution in [0.1, 0.15) is 73.1 Å². The predicted octanol–water partition coefficient (Wildman–Crippen LogP) is 5.00. The Labute approximate surface area is 231 Å². The van der Waals surface area contributed by atoms with Crippen LogP contribution in [0.15, 0.2) is 52.3 Å². The molecule has 4 heterocycles. The van der Waals surface area contributed by atoms with Crippen molar-refractivity contribution in [3.05, 3.63) is 47.1 Å². The van der Waals surface area contributed by atoms with E-state index < -0.39 is 35.5 Å². The van der Waals surface area contributed by atoms with Crippen LogP contribution < -0.4 is 0 Å². The number of aliphatic hydroxyl groups is 1. The first-order chi connectivity index (χ1) is 18.5. The van der Waals surface area contributed by atoms with E-state index in [4.69, 9.17) is 18.9 Å². The standard InChI is InChI=1S/C31H43NO7/c1-18-7-6-8-23-17-36-28-27(32-35)21(4)14-26(31(23,28)34)29(33)37-25-15-24(10-9-19(2)13-18)39-30(16-25)12-11-20(3)22(5)38-30/h6-9,14,18,20,22,24-26,28,34-35H,10-13,15-17H2,1-5H3/b7-6-,19-9-,23-8?,32-27-/t18-,20-,22+,24+,25-,26-,28+,30-,31+/m0/s1. The molecule has 0 radical (unpaired) electrons. The van der Waals surface area contributed by atoms with Crippen molar-refractivity contribution in [1.82, 2.24) is 0 Å². The molecule has 3 fully saturated rings. The fraction of sp³-hybridized carbons (Fsp3) is 0.677. The zero-order chi connectivity index (χ0) is 27.9. The largest absolute Gasteiger partial charge is 0.462 e. The van der Waals surface area contributed by atoms with Gasteiger partial charge in [-0.1, -0.05) is 55.0 Å². The van der Waals surface area contributed by atoms with Gasteiger partial charge in [0.05, 0.1) is 18.8 Å². The lowest BCUT2D eigenvalue weighted by molar-refractivity contribution is -0.332. The second-order valence-electron chi connectivity index (χ2n) is 12.4. The van der Waals surface area contributed by atoms with Crippen LogP contribution in [-0.4, -0.2) is 64.4 Å². The molecule has 214 valence electrons. The number of ether oxygens (including phenoxy) is 4. The molecule has 2 N–H and O–H groups in total. The van der Waals surface area contributed by atoms with Crippen molar-refractivity contribution in [2.45, 2.75) is 109 Å². The van der Waals surface area contributed by atoms with Crippen molar-refractivity contribution in [3.63, 3.8) is 0 Å². The first kappa shape index (κ1) is 28.3. The van der Waals surface area contributed by atoms with Crippen molar-refractivity contribution in [3.8, 4) is 0 Å². The highest BCUT2D eigenvalue weighted by Crippen LogP contribution is 2.46. The molecular weight excluding hydrogens is 498 g/mol. The molecule has 0 aromatic rings. The summed E-state index contributed by atoms with van der Waals surface area (Å²) in [7, 11) is 0. The van der Waals surface area contributed by atoms with E-state index in [1.54, 1.807) is 13.0 Å². The summed E-state index contributed by atoms with van der Waals surface area (Å²) in [6.45, 7) is 10.4. The number of esters is 1. The molecular formula is C31H43NO7. The molecule has 0 saturated carbocycles. The molecule has 5 rings (SSSR count). The molecule has 0 unspecified atom stereocenters. The summed E-state index contributed by atoms with van der Waals surface area (Å²) in [6.07, 6.45) is 12.6. The van der Waals surface area contributed by atoms with Crippen LogP contribution in [0.2, 0.25) is 0 Å². The van der Waals surface area contributed by atoms with Crippen LogP contribution in [0.3, 0.4) is 0 Å². The summed E-state index contributed by atoms with van der Waals surface area (Å²) in [5.41, 5.74) is 0.916. The van der Waals surface area contributed by atoms with Gasteiger partial charge >= 0.3 is 5.97 Å². The number of hydrogen-bond donors (Lipinski definition) is 2. The quantitative estimate of drug-likeness (QED) is 0.192. The third-order valence-corrected chi connectivity index (χ3v) is 9.25. The summed E-state index contributed by atoms with van der Waals surface area (Å²) < 4.78 is 25.3. The molecule has 2 bridgehead atoms. The van der Waals surface area contributed by atoms with Crippen LogP contribution in [0.4, 0.5) is 0 Å². The van der Waals surface area contributed by atoms with Gasteiger partial charge in [-0.25, -0.2) is 0 Å². The third-order valence-electron chi connectivity index (χ3n) is 9.25. The first-order valence-corrected chi connectivity index (χ1v) is 14.4. The highest BCUT2D eigenvalue weighted by molar-refractivity contribution is 6.06. The fourth-order valence-corrected chi connectivity index (χ4v) is 6.85. The summed E-state index contributed by atoms with van der Waals surface area (Å²) >= 11 is 0. The van der Waals surface area contributed by atoms with Crippen molar-refractivity contribution >= 4 is 11.7 Å². The van der Waals surface area contributed by atoms with E-state index in [1.807, 2.05) is 12.2 Å². The van der Waals surface area contributed by atoms with Gasteiger partial charge in [-0.2, -0.15) is 0 Å².